The molecule has 7 aromatic carbocycles. The first-order chi connectivity index (χ1) is 31.0. The lowest BCUT2D eigenvalue weighted by Crippen LogP contribution is -2.49. The standard InChI is InChI=1S/C57H56N4O2/c1-5-59(6-2)46-32-34-50-52(38-46)63-53-39-47(60(7-3)8-4)33-35-51(53)57(50)49-27-19-18-26-48(49)56(62)61(57)37-36-58-40-41-28-30-45(31-29-41)55(44-24-16-11-17-25-44)54(42-20-12-9-13-21-42)43-22-14-10-15-23-43/h9-35,38-39,58H,5-8,36-37,40H2,1-4H3. The molecule has 2 aliphatic heterocycles. The molecule has 2 aliphatic rings. The van der Waals surface area contributed by atoms with Gasteiger partial charge in [0.2, 0.25) is 0 Å². The molecule has 7 aromatic rings. The summed E-state index contributed by atoms with van der Waals surface area (Å²) < 4.78 is 6.92. The molecule has 0 radical (unpaired) electrons. The Morgan fingerprint density at radius 2 is 0.968 bits per heavy atom. The summed E-state index contributed by atoms with van der Waals surface area (Å²) in [4.78, 5) is 21.6. The third-order valence-electron chi connectivity index (χ3n) is 12.9. The Balaban J connectivity index is 1.04. The van der Waals surface area contributed by atoms with Crippen molar-refractivity contribution in [2.45, 2.75) is 39.8 Å². The van der Waals surface area contributed by atoms with Crippen LogP contribution in [0.4, 0.5) is 11.4 Å². The molecule has 0 atom stereocenters. The number of nitrogens with zero attached hydrogens (tertiary/aromatic N) is 3. The van der Waals surface area contributed by atoms with E-state index < -0.39 is 5.54 Å². The number of benzene rings is 7. The van der Waals surface area contributed by atoms with Gasteiger partial charge in [0.1, 0.15) is 17.0 Å². The van der Waals surface area contributed by atoms with Crippen LogP contribution in [-0.2, 0) is 12.1 Å². The van der Waals surface area contributed by atoms with Crippen molar-refractivity contribution < 1.29 is 9.53 Å². The average Bonchev–Trinajstić information content (AvgIpc) is 3.58. The zero-order valence-electron chi connectivity index (χ0n) is 36.9. The van der Waals surface area contributed by atoms with Gasteiger partial charge in [0, 0.05) is 86.0 Å². The molecule has 0 saturated carbocycles. The number of rotatable bonds is 15. The Bertz CT molecular complexity index is 2620. The number of carbonyl (C=O) groups excluding carboxylic acids is 1. The van der Waals surface area contributed by atoms with Gasteiger partial charge >= 0.3 is 0 Å². The highest BCUT2D eigenvalue weighted by Crippen LogP contribution is 2.58. The molecule has 0 fully saturated rings. The van der Waals surface area contributed by atoms with Gasteiger partial charge in [0.15, 0.2) is 0 Å². The van der Waals surface area contributed by atoms with Gasteiger partial charge in [0.05, 0.1) is 0 Å². The van der Waals surface area contributed by atoms with E-state index in [0.717, 1.165) is 76.9 Å². The van der Waals surface area contributed by atoms with Crippen molar-refractivity contribution in [2.24, 2.45) is 0 Å². The molecule has 0 saturated heterocycles. The van der Waals surface area contributed by atoms with Crippen molar-refractivity contribution in [3.63, 3.8) is 0 Å². The fraction of sp³-hybridized carbons (Fsp3) is 0.211. The third-order valence-corrected chi connectivity index (χ3v) is 12.9. The SMILES string of the molecule is CCN(CC)c1ccc2c(c1)Oc1cc(N(CC)CC)ccc1C21c2ccccc2C(=O)N1CCNCc1ccc(C(=C(c2ccccc2)c2ccccc2)c2ccccc2)cc1. The van der Waals surface area contributed by atoms with E-state index in [1.54, 1.807) is 0 Å². The quantitative estimate of drug-likeness (QED) is 0.0824. The van der Waals surface area contributed by atoms with Crippen LogP contribution in [0.15, 0.2) is 176 Å². The molecule has 2 heterocycles. The minimum atomic E-state index is -0.862. The summed E-state index contributed by atoms with van der Waals surface area (Å²) in [6, 6.07) is 62.3. The Kier molecular flexibility index (Phi) is 12.0. The van der Waals surface area contributed by atoms with Crippen molar-refractivity contribution >= 4 is 28.4 Å². The third kappa shape index (κ3) is 7.59. The van der Waals surface area contributed by atoms with E-state index in [0.29, 0.717) is 19.6 Å². The first kappa shape index (κ1) is 41.5. The van der Waals surface area contributed by atoms with E-state index in [-0.39, 0.29) is 5.91 Å². The monoisotopic (exact) mass is 828 g/mol. The molecular weight excluding hydrogens is 773 g/mol. The summed E-state index contributed by atoms with van der Waals surface area (Å²) >= 11 is 0. The van der Waals surface area contributed by atoms with Crippen molar-refractivity contribution in [3.8, 4) is 11.5 Å². The minimum Gasteiger partial charge on any atom is -0.456 e. The van der Waals surface area contributed by atoms with Crippen LogP contribution in [0.25, 0.3) is 11.1 Å². The normalized spacial score (nSPS) is 13.2. The molecule has 1 N–H and O–H groups in total. The summed E-state index contributed by atoms with van der Waals surface area (Å²) in [5.41, 5.74) is 13.3. The van der Waals surface area contributed by atoms with Crippen LogP contribution >= 0.6 is 0 Å². The second-order valence-corrected chi connectivity index (χ2v) is 16.2. The smallest absolute Gasteiger partial charge is 0.255 e. The fourth-order valence-corrected chi connectivity index (χ4v) is 9.84. The highest BCUT2D eigenvalue weighted by molar-refractivity contribution is 6.05. The molecule has 63 heavy (non-hydrogen) atoms. The summed E-state index contributed by atoms with van der Waals surface area (Å²) in [6.07, 6.45) is 0. The molecule has 6 nitrogen and oxygen atoms in total. The van der Waals surface area contributed by atoms with Crippen LogP contribution < -0.4 is 19.9 Å². The summed E-state index contributed by atoms with van der Waals surface area (Å²) in [5, 5.41) is 3.73. The lowest BCUT2D eigenvalue weighted by molar-refractivity contribution is 0.0667. The maximum absolute atomic E-state index is 14.8. The first-order valence-corrected chi connectivity index (χ1v) is 22.6. The van der Waals surface area contributed by atoms with Gasteiger partial charge < -0.3 is 24.8 Å². The summed E-state index contributed by atoms with van der Waals surface area (Å²) in [5.74, 6) is 1.61. The van der Waals surface area contributed by atoms with Crippen molar-refractivity contribution in [1.82, 2.24) is 10.2 Å². The minimum absolute atomic E-state index is 0.0315. The van der Waals surface area contributed by atoms with Crippen molar-refractivity contribution in [2.75, 3.05) is 49.1 Å². The summed E-state index contributed by atoms with van der Waals surface area (Å²) in [7, 11) is 0. The highest BCUT2D eigenvalue weighted by atomic mass is 16.5. The topological polar surface area (TPSA) is 48.1 Å². The van der Waals surface area contributed by atoms with Gasteiger partial charge in [-0.3, -0.25) is 4.79 Å². The highest BCUT2D eigenvalue weighted by Gasteiger charge is 2.56. The van der Waals surface area contributed by atoms with Crippen LogP contribution in [0.2, 0.25) is 0 Å². The molecule has 1 spiro atoms. The number of anilines is 2. The Hall–Kier alpha value is -6.89. The molecule has 0 aliphatic carbocycles. The number of fused-ring (bicyclic) bond motifs is 6. The van der Waals surface area contributed by atoms with Gasteiger partial charge in [0.25, 0.3) is 5.91 Å². The van der Waals surface area contributed by atoms with E-state index in [4.69, 9.17) is 4.74 Å². The number of amides is 1. The Labute approximate surface area is 373 Å². The van der Waals surface area contributed by atoms with Gasteiger partial charge in [-0.15, -0.1) is 0 Å². The van der Waals surface area contributed by atoms with E-state index in [1.165, 1.54) is 33.4 Å². The molecular formula is C57H56N4O2. The molecule has 0 aromatic heterocycles. The zero-order chi connectivity index (χ0) is 43.3. The van der Waals surface area contributed by atoms with Crippen molar-refractivity contribution in [3.05, 3.63) is 226 Å². The van der Waals surface area contributed by atoms with Gasteiger partial charge in [-0.2, -0.15) is 0 Å². The van der Waals surface area contributed by atoms with Crippen LogP contribution in [-0.4, -0.2) is 50.1 Å². The number of carbonyl (C=O) groups is 1. The van der Waals surface area contributed by atoms with Crippen LogP contribution in [0.1, 0.15) is 82.6 Å². The Morgan fingerprint density at radius 3 is 1.44 bits per heavy atom. The predicted octanol–water partition coefficient (Wildman–Crippen LogP) is 12.0. The molecule has 316 valence electrons. The Morgan fingerprint density at radius 1 is 0.524 bits per heavy atom. The van der Waals surface area contributed by atoms with E-state index in [9.17, 15) is 4.79 Å². The van der Waals surface area contributed by atoms with Crippen LogP contribution in [0.5, 0.6) is 11.5 Å². The van der Waals surface area contributed by atoms with Crippen molar-refractivity contribution in [1.29, 1.82) is 0 Å². The lowest BCUT2D eigenvalue weighted by atomic mass is 9.74. The molecule has 0 bridgehead atoms. The number of nitrogens with one attached hydrogen (secondary N) is 1. The predicted molar refractivity (Wildman–Crippen MR) is 260 cm³/mol. The summed E-state index contributed by atoms with van der Waals surface area (Å²) in [6.45, 7) is 14.0. The molecule has 0 unspecified atom stereocenters. The zero-order valence-corrected chi connectivity index (χ0v) is 36.9. The first-order valence-electron chi connectivity index (χ1n) is 22.6. The van der Waals surface area contributed by atoms with Gasteiger partial charge in [-0.05, 0) is 90.4 Å². The van der Waals surface area contributed by atoms with E-state index >= 15 is 0 Å². The maximum Gasteiger partial charge on any atom is 0.255 e. The number of hydrogen-bond acceptors (Lipinski definition) is 5. The number of hydrogen-bond donors (Lipinski definition) is 1. The average molecular weight is 829 g/mol. The molecule has 9 rings (SSSR count). The second-order valence-electron chi connectivity index (χ2n) is 16.2. The van der Waals surface area contributed by atoms with Gasteiger partial charge in [-0.1, -0.05) is 146 Å². The molecule has 6 heteroatoms. The van der Waals surface area contributed by atoms with E-state index in [2.05, 4.69) is 212 Å². The lowest BCUT2D eigenvalue weighted by Gasteiger charge is -2.45. The second kappa shape index (κ2) is 18.2. The largest absolute Gasteiger partial charge is 0.456 e. The molecule has 1 amide bonds. The fourth-order valence-electron chi connectivity index (χ4n) is 9.84. The van der Waals surface area contributed by atoms with E-state index in [1.807, 2.05) is 12.1 Å². The maximum atomic E-state index is 14.8. The van der Waals surface area contributed by atoms with Crippen LogP contribution in [0.3, 0.4) is 0 Å². The van der Waals surface area contributed by atoms with Crippen LogP contribution in [0, 0.1) is 0 Å². The van der Waals surface area contributed by atoms with Gasteiger partial charge in [-0.25, -0.2) is 0 Å². The number of ether oxygens (including phenoxy) is 1.